The number of nitrogens with two attached hydrogens (primary N) is 1. The first kappa shape index (κ1) is 15.1. The lowest BCUT2D eigenvalue weighted by molar-refractivity contribution is -0.130. The Bertz CT molecular complexity index is 762. The maximum Gasteiger partial charge on any atom is 0.304 e. The third-order valence-corrected chi connectivity index (χ3v) is 3.75. The van der Waals surface area contributed by atoms with Crippen molar-refractivity contribution in [2.24, 2.45) is 5.16 Å². The second kappa shape index (κ2) is 5.41. The van der Waals surface area contributed by atoms with Gasteiger partial charge in [-0.2, -0.15) is 4.39 Å². The highest BCUT2D eigenvalue weighted by Gasteiger charge is 2.42. The van der Waals surface area contributed by atoms with E-state index < -0.39 is 11.7 Å². The van der Waals surface area contributed by atoms with Crippen LogP contribution in [-0.4, -0.2) is 5.71 Å². The molecule has 2 N–H and O–H groups in total. The maximum atomic E-state index is 15.0. The molecule has 1 atom stereocenters. The van der Waals surface area contributed by atoms with Crippen LogP contribution in [0.4, 0.5) is 14.5 Å². The van der Waals surface area contributed by atoms with Crippen molar-refractivity contribution >= 4 is 34.6 Å². The van der Waals surface area contributed by atoms with Gasteiger partial charge in [0.05, 0.1) is 17.8 Å². The summed E-state index contributed by atoms with van der Waals surface area (Å²) in [5.41, 5.74) is 6.45. The molecule has 0 fully saturated rings. The van der Waals surface area contributed by atoms with Crippen molar-refractivity contribution < 1.29 is 13.6 Å². The monoisotopic (exact) mass is 342 g/mol. The molecule has 1 unspecified atom stereocenters. The SMILES string of the molecule is Nc1cc(C2=NOC(F)(c3cc(Cl)cc(Cl)c3)C2)ccc1F. The van der Waals surface area contributed by atoms with Gasteiger partial charge in [-0.15, -0.1) is 0 Å². The number of hydrogen-bond donors (Lipinski definition) is 1. The zero-order valence-electron chi connectivity index (χ0n) is 11.1. The number of anilines is 1. The Kier molecular flexibility index (Phi) is 3.70. The Morgan fingerprint density at radius 1 is 1.14 bits per heavy atom. The van der Waals surface area contributed by atoms with E-state index in [0.717, 1.165) is 0 Å². The van der Waals surface area contributed by atoms with Gasteiger partial charge in [-0.25, -0.2) is 4.39 Å². The number of hydrogen-bond acceptors (Lipinski definition) is 3. The normalized spacial score (nSPS) is 20.6. The molecule has 7 heteroatoms. The predicted molar refractivity (Wildman–Crippen MR) is 82.3 cm³/mol. The molecule has 114 valence electrons. The summed E-state index contributed by atoms with van der Waals surface area (Å²) in [6.45, 7) is 0. The van der Waals surface area contributed by atoms with Gasteiger partial charge in [0.15, 0.2) is 0 Å². The van der Waals surface area contributed by atoms with Crippen molar-refractivity contribution in [1.82, 2.24) is 0 Å². The van der Waals surface area contributed by atoms with Gasteiger partial charge in [-0.05, 0) is 36.4 Å². The third-order valence-electron chi connectivity index (χ3n) is 3.32. The molecule has 1 aliphatic heterocycles. The van der Waals surface area contributed by atoms with E-state index in [9.17, 15) is 8.78 Å². The van der Waals surface area contributed by atoms with Gasteiger partial charge in [0.2, 0.25) is 0 Å². The van der Waals surface area contributed by atoms with Gasteiger partial charge in [0, 0.05) is 21.2 Å². The molecule has 0 aliphatic carbocycles. The first-order valence-electron chi connectivity index (χ1n) is 6.33. The molecule has 0 amide bonds. The van der Waals surface area contributed by atoms with E-state index in [1.807, 2.05) is 0 Å². The summed E-state index contributed by atoms with van der Waals surface area (Å²) in [6.07, 6.45) is -0.158. The second-order valence-corrected chi connectivity index (χ2v) is 5.80. The average Bonchev–Trinajstić information content (AvgIpc) is 2.85. The van der Waals surface area contributed by atoms with Crippen molar-refractivity contribution in [3.8, 4) is 0 Å². The van der Waals surface area contributed by atoms with E-state index in [4.69, 9.17) is 33.8 Å². The number of nitrogen functional groups attached to an aromatic ring is 1. The quantitative estimate of drug-likeness (QED) is 0.806. The van der Waals surface area contributed by atoms with Crippen molar-refractivity contribution in [2.45, 2.75) is 12.3 Å². The smallest absolute Gasteiger partial charge is 0.304 e. The number of oxime groups is 1. The molecule has 2 aromatic carbocycles. The highest BCUT2D eigenvalue weighted by molar-refractivity contribution is 6.34. The minimum Gasteiger partial charge on any atom is -0.396 e. The molecule has 3 rings (SSSR count). The summed E-state index contributed by atoms with van der Waals surface area (Å²) in [6, 6.07) is 8.38. The lowest BCUT2D eigenvalue weighted by Crippen LogP contribution is -2.20. The minimum absolute atomic E-state index is 0.0395. The van der Waals surface area contributed by atoms with Crippen LogP contribution < -0.4 is 5.73 Å². The van der Waals surface area contributed by atoms with Gasteiger partial charge >= 0.3 is 5.85 Å². The summed E-state index contributed by atoms with van der Waals surface area (Å²) in [4.78, 5) is 4.94. The van der Waals surface area contributed by atoms with E-state index in [-0.39, 0.29) is 17.7 Å². The van der Waals surface area contributed by atoms with Crippen molar-refractivity contribution in [2.75, 3.05) is 5.73 Å². The molecular weight excluding hydrogens is 333 g/mol. The standard InChI is InChI=1S/C15H10Cl2F2N2O/c16-10-4-9(5-11(17)6-10)15(19)7-14(21-22-15)8-1-2-12(18)13(20)3-8/h1-6H,7,20H2. The molecule has 2 aromatic rings. The van der Waals surface area contributed by atoms with Crippen LogP contribution in [0, 0.1) is 5.82 Å². The Morgan fingerprint density at radius 2 is 1.82 bits per heavy atom. The van der Waals surface area contributed by atoms with Crippen molar-refractivity contribution in [3.63, 3.8) is 0 Å². The first-order chi connectivity index (χ1) is 10.4. The third kappa shape index (κ3) is 2.74. The summed E-state index contributed by atoms with van der Waals surface area (Å²) in [5.74, 6) is -2.72. The van der Waals surface area contributed by atoms with Crippen LogP contribution in [0.2, 0.25) is 10.0 Å². The van der Waals surface area contributed by atoms with Gasteiger partial charge in [0.1, 0.15) is 5.82 Å². The van der Waals surface area contributed by atoms with Crippen LogP contribution in [0.15, 0.2) is 41.6 Å². The summed E-state index contributed by atoms with van der Waals surface area (Å²) in [5, 5.41) is 4.33. The second-order valence-electron chi connectivity index (χ2n) is 4.93. The zero-order chi connectivity index (χ0) is 15.9. The summed E-state index contributed by atoms with van der Waals surface area (Å²) in [7, 11) is 0. The van der Waals surface area contributed by atoms with Gasteiger partial charge < -0.3 is 10.6 Å². The van der Waals surface area contributed by atoms with Crippen LogP contribution in [0.25, 0.3) is 0 Å². The van der Waals surface area contributed by atoms with Gasteiger partial charge in [-0.1, -0.05) is 28.4 Å². The summed E-state index contributed by atoms with van der Waals surface area (Å²) >= 11 is 11.8. The molecule has 1 aliphatic rings. The molecule has 0 radical (unpaired) electrons. The van der Waals surface area contributed by atoms with Crippen LogP contribution >= 0.6 is 23.2 Å². The average molecular weight is 343 g/mol. The lowest BCUT2D eigenvalue weighted by Gasteiger charge is -2.18. The number of alkyl halides is 1. The fourth-order valence-electron chi connectivity index (χ4n) is 2.21. The van der Waals surface area contributed by atoms with E-state index in [1.54, 1.807) is 0 Å². The number of benzene rings is 2. The van der Waals surface area contributed by atoms with Crippen molar-refractivity contribution in [3.05, 3.63) is 63.4 Å². The van der Waals surface area contributed by atoms with E-state index >= 15 is 0 Å². The highest BCUT2D eigenvalue weighted by atomic mass is 35.5. The number of rotatable bonds is 2. The van der Waals surface area contributed by atoms with Gasteiger partial charge in [0.25, 0.3) is 0 Å². The maximum absolute atomic E-state index is 15.0. The summed E-state index contributed by atoms with van der Waals surface area (Å²) < 4.78 is 28.2. The van der Waals surface area contributed by atoms with Crippen molar-refractivity contribution in [1.29, 1.82) is 0 Å². The lowest BCUT2D eigenvalue weighted by atomic mass is 9.98. The van der Waals surface area contributed by atoms with E-state index in [2.05, 4.69) is 5.16 Å². The molecule has 22 heavy (non-hydrogen) atoms. The predicted octanol–water partition coefficient (Wildman–Crippen LogP) is 4.66. The largest absolute Gasteiger partial charge is 0.396 e. The zero-order valence-corrected chi connectivity index (χ0v) is 12.6. The van der Waals surface area contributed by atoms with E-state index in [1.165, 1.54) is 36.4 Å². The van der Waals surface area contributed by atoms with Crippen LogP contribution in [0.5, 0.6) is 0 Å². The molecular formula is C15H10Cl2F2N2O. The fraction of sp³-hybridized carbons (Fsp3) is 0.133. The molecule has 0 saturated carbocycles. The molecule has 0 bridgehead atoms. The van der Waals surface area contributed by atoms with Gasteiger partial charge in [-0.3, -0.25) is 0 Å². The highest BCUT2D eigenvalue weighted by Crippen LogP contribution is 2.40. The van der Waals surface area contributed by atoms with Crippen LogP contribution in [0.1, 0.15) is 17.5 Å². The van der Waals surface area contributed by atoms with E-state index in [0.29, 0.717) is 21.3 Å². The molecule has 0 spiro atoms. The number of halogens is 4. The van der Waals surface area contributed by atoms with Crippen LogP contribution in [0.3, 0.4) is 0 Å². The Labute approximate surface area is 135 Å². The minimum atomic E-state index is -2.17. The fourth-order valence-corrected chi connectivity index (χ4v) is 2.74. The molecule has 0 aromatic heterocycles. The Balaban J connectivity index is 1.90. The Hall–Kier alpha value is -1.85. The molecule has 0 saturated heterocycles. The Morgan fingerprint density at radius 3 is 2.45 bits per heavy atom. The topological polar surface area (TPSA) is 47.6 Å². The molecule has 1 heterocycles. The molecule has 3 nitrogen and oxygen atoms in total. The number of nitrogens with zero attached hydrogens (tertiary/aromatic N) is 1. The first-order valence-corrected chi connectivity index (χ1v) is 7.09. The van der Waals surface area contributed by atoms with Crippen LogP contribution in [-0.2, 0) is 10.7 Å².